The van der Waals surface area contributed by atoms with Crippen LogP contribution in [0.1, 0.15) is 60.1 Å². The number of aryl methyl sites for hydroxylation is 1. The number of halogens is 1. The molecule has 8 nitrogen and oxygen atoms in total. The highest BCUT2D eigenvalue weighted by Crippen LogP contribution is 2.48. The van der Waals surface area contributed by atoms with Crippen LogP contribution in [-0.4, -0.2) is 52.4 Å². The number of carbonyl (C=O) groups is 2. The summed E-state index contributed by atoms with van der Waals surface area (Å²) in [6, 6.07) is 10.1. The lowest BCUT2D eigenvalue weighted by Crippen LogP contribution is -2.50. The molecule has 3 aliphatic rings. The normalized spacial score (nSPS) is 22.2. The van der Waals surface area contributed by atoms with Crippen molar-refractivity contribution in [3.05, 3.63) is 77.0 Å². The third-order valence-corrected chi connectivity index (χ3v) is 8.98. The summed E-state index contributed by atoms with van der Waals surface area (Å²) in [6.45, 7) is 4.10. The Kier molecular flexibility index (Phi) is 6.97. The van der Waals surface area contributed by atoms with Crippen molar-refractivity contribution in [3.8, 4) is 0 Å². The van der Waals surface area contributed by atoms with Crippen LogP contribution in [0.4, 0.5) is 11.5 Å². The van der Waals surface area contributed by atoms with E-state index in [1.807, 2.05) is 13.0 Å². The number of fused-ring (bicyclic) bond motifs is 2. The molecule has 3 aromatic rings. The predicted molar refractivity (Wildman–Crippen MR) is 151 cm³/mol. The molecular formula is C30H33ClN6O2. The number of pyridine rings is 1. The summed E-state index contributed by atoms with van der Waals surface area (Å²) in [5.41, 5.74) is 2.96. The van der Waals surface area contributed by atoms with E-state index in [9.17, 15) is 9.59 Å². The van der Waals surface area contributed by atoms with Gasteiger partial charge in [0.1, 0.15) is 5.82 Å². The van der Waals surface area contributed by atoms with E-state index in [4.69, 9.17) is 11.6 Å². The van der Waals surface area contributed by atoms with Crippen LogP contribution in [0.25, 0.3) is 0 Å². The van der Waals surface area contributed by atoms with E-state index in [0.717, 1.165) is 69.7 Å². The van der Waals surface area contributed by atoms with Crippen LogP contribution in [-0.2, 0) is 10.2 Å². The van der Waals surface area contributed by atoms with Crippen molar-refractivity contribution in [1.82, 2.24) is 20.3 Å². The molecular weight excluding hydrogens is 512 g/mol. The van der Waals surface area contributed by atoms with Crippen LogP contribution in [0, 0.1) is 12.8 Å². The van der Waals surface area contributed by atoms with E-state index in [-0.39, 0.29) is 17.9 Å². The number of anilines is 2. The first-order valence-corrected chi connectivity index (χ1v) is 14.2. The first-order valence-electron chi connectivity index (χ1n) is 13.8. The van der Waals surface area contributed by atoms with E-state index in [2.05, 4.69) is 48.3 Å². The Morgan fingerprint density at radius 3 is 2.59 bits per heavy atom. The zero-order valence-corrected chi connectivity index (χ0v) is 22.9. The molecule has 6 rings (SSSR count). The highest BCUT2D eigenvalue weighted by Gasteiger charge is 2.52. The minimum absolute atomic E-state index is 0.116. The molecule has 0 unspecified atom stereocenters. The summed E-state index contributed by atoms with van der Waals surface area (Å²) in [6.07, 6.45) is 12.0. The average Bonchev–Trinajstić information content (AvgIpc) is 3.19. The average molecular weight is 545 g/mol. The Morgan fingerprint density at radius 1 is 1.08 bits per heavy atom. The highest BCUT2D eigenvalue weighted by atomic mass is 35.5. The zero-order valence-electron chi connectivity index (χ0n) is 22.1. The molecule has 2 amide bonds. The molecule has 1 saturated heterocycles. The summed E-state index contributed by atoms with van der Waals surface area (Å²) in [5, 5.41) is 3.63. The lowest BCUT2D eigenvalue weighted by atomic mass is 9.73. The van der Waals surface area contributed by atoms with E-state index in [0.29, 0.717) is 22.2 Å². The maximum atomic E-state index is 14.1. The summed E-state index contributed by atoms with van der Waals surface area (Å²) in [5.74, 6) is 1.39. The first-order chi connectivity index (χ1) is 18.9. The molecule has 0 atom stereocenters. The van der Waals surface area contributed by atoms with Gasteiger partial charge in [0.25, 0.3) is 5.91 Å². The monoisotopic (exact) mass is 544 g/mol. The van der Waals surface area contributed by atoms with Crippen LogP contribution in [0.5, 0.6) is 0 Å². The van der Waals surface area contributed by atoms with Gasteiger partial charge in [-0.25, -0.2) is 4.98 Å². The molecule has 1 N–H and O–H groups in total. The molecule has 2 aliphatic heterocycles. The van der Waals surface area contributed by atoms with Gasteiger partial charge in [0.2, 0.25) is 5.91 Å². The number of nitrogens with zero attached hydrogens (tertiary/aromatic N) is 5. The molecule has 2 aromatic heterocycles. The van der Waals surface area contributed by atoms with E-state index < -0.39 is 5.41 Å². The second-order valence-corrected chi connectivity index (χ2v) is 11.5. The van der Waals surface area contributed by atoms with Gasteiger partial charge in [-0.3, -0.25) is 19.6 Å². The fourth-order valence-corrected chi connectivity index (χ4v) is 6.74. The number of hydrogen-bond donors (Lipinski definition) is 1. The third kappa shape index (κ3) is 4.86. The molecule has 2 fully saturated rings. The Morgan fingerprint density at radius 2 is 1.85 bits per heavy atom. The van der Waals surface area contributed by atoms with Gasteiger partial charge >= 0.3 is 0 Å². The summed E-state index contributed by atoms with van der Waals surface area (Å²) >= 11 is 6.06. The van der Waals surface area contributed by atoms with Crippen molar-refractivity contribution < 1.29 is 9.59 Å². The predicted octanol–water partition coefficient (Wildman–Crippen LogP) is 4.71. The van der Waals surface area contributed by atoms with Gasteiger partial charge in [-0.15, -0.1) is 0 Å². The Bertz CT molecular complexity index is 1370. The van der Waals surface area contributed by atoms with Crippen LogP contribution in [0.2, 0.25) is 5.02 Å². The topological polar surface area (TPSA) is 91.3 Å². The molecule has 39 heavy (non-hydrogen) atoms. The van der Waals surface area contributed by atoms with Crippen LogP contribution in [0.3, 0.4) is 0 Å². The van der Waals surface area contributed by atoms with E-state index in [1.54, 1.807) is 30.9 Å². The second-order valence-electron chi connectivity index (χ2n) is 11.0. The van der Waals surface area contributed by atoms with Gasteiger partial charge in [0, 0.05) is 50.0 Å². The molecule has 0 radical (unpaired) electrons. The lowest BCUT2D eigenvalue weighted by molar-refractivity contribution is -0.124. The van der Waals surface area contributed by atoms with Crippen LogP contribution in [0.15, 0.2) is 55.1 Å². The highest BCUT2D eigenvalue weighted by molar-refractivity contribution is 6.30. The number of piperidine rings is 1. The third-order valence-electron chi connectivity index (χ3n) is 8.78. The number of hydrogen-bond acceptors (Lipinski definition) is 6. The van der Waals surface area contributed by atoms with Gasteiger partial charge in [-0.2, -0.15) is 0 Å². The zero-order chi connectivity index (χ0) is 27.0. The SMILES string of the molecule is Cc1ncc(Cl)cc1C(=O)NC1CCC(CN2C(=O)C3(CCN(c4cnccn4)CC3)c3ccccc32)CC1. The van der Waals surface area contributed by atoms with Gasteiger partial charge in [0.15, 0.2) is 0 Å². The number of amides is 2. The molecule has 1 aromatic carbocycles. The minimum atomic E-state index is -0.469. The Hall–Kier alpha value is -3.52. The lowest BCUT2D eigenvalue weighted by Gasteiger charge is -2.39. The number of nitrogens with one attached hydrogen (secondary N) is 1. The van der Waals surface area contributed by atoms with E-state index in [1.165, 1.54) is 5.56 Å². The molecule has 4 heterocycles. The number of rotatable bonds is 5. The van der Waals surface area contributed by atoms with Crippen LogP contribution < -0.4 is 15.1 Å². The van der Waals surface area contributed by atoms with Crippen molar-refractivity contribution in [1.29, 1.82) is 0 Å². The summed E-state index contributed by atoms with van der Waals surface area (Å²) < 4.78 is 0. The number of carbonyl (C=O) groups excluding carboxylic acids is 2. The fourth-order valence-electron chi connectivity index (χ4n) is 6.58. The smallest absolute Gasteiger partial charge is 0.253 e. The second kappa shape index (κ2) is 10.6. The molecule has 1 spiro atoms. The molecule has 0 bridgehead atoms. The first kappa shape index (κ1) is 25.7. The van der Waals surface area contributed by atoms with Gasteiger partial charge < -0.3 is 15.1 Å². The van der Waals surface area contributed by atoms with Crippen molar-refractivity contribution in [2.75, 3.05) is 29.4 Å². The number of aromatic nitrogens is 3. The summed E-state index contributed by atoms with van der Waals surface area (Å²) in [7, 11) is 0. The van der Waals surface area contributed by atoms with Crippen LogP contribution >= 0.6 is 11.6 Å². The largest absolute Gasteiger partial charge is 0.355 e. The number of para-hydroxylation sites is 1. The molecule has 202 valence electrons. The maximum Gasteiger partial charge on any atom is 0.253 e. The number of benzene rings is 1. The fraction of sp³-hybridized carbons (Fsp3) is 0.433. The maximum absolute atomic E-state index is 14.1. The van der Waals surface area contributed by atoms with Crippen molar-refractivity contribution in [2.45, 2.75) is 56.9 Å². The Labute approximate surface area is 233 Å². The van der Waals surface area contributed by atoms with Gasteiger partial charge in [-0.05, 0) is 69.1 Å². The van der Waals surface area contributed by atoms with Crippen molar-refractivity contribution >= 4 is 34.9 Å². The van der Waals surface area contributed by atoms with Gasteiger partial charge in [-0.1, -0.05) is 29.8 Å². The Balaban J connectivity index is 1.10. The minimum Gasteiger partial charge on any atom is -0.355 e. The molecule has 9 heteroatoms. The molecule has 1 aliphatic carbocycles. The summed E-state index contributed by atoms with van der Waals surface area (Å²) in [4.78, 5) is 44.1. The van der Waals surface area contributed by atoms with Gasteiger partial charge in [0.05, 0.1) is 27.9 Å². The van der Waals surface area contributed by atoms with Crippen molar-refractivity contribution in [2.24, 2.45) is 5.92 Å². The van der Waals surface area contributed by atoms with E-state index >= 15 is 0 Å². The quantitative estimate of drug-likeness (QED) is 0.500. The standard InChI is InChI=1S/C30H33ClN6O2/c1-20-24(16-22(31)17-34-20)28(38)35-23-8-6-21(7-9-23)19-37-26-5-3-2-4-25(26)30(29(37)39)10-14-36(15-11-30)27-18-32-12-13-33-27/h2-5,12-13,16-18,21,23H,6-11,14-15,19H2,1H3,(H,35,38). The van der Waals surface area contributed by atoms with Crippen molar-refractivity contribution in [3.63, 3.8) is 0 Å². The molecule has 1 saturated carbocycles.